The number of esters is 1. The van der Waals surface area contributed by atoms with Crippen LogP contribution in [0.1, 0.15) is 31.7 Å². The van der Waals surface area contributed by atoms with Crippen LogP contribution in [-0.4, -0.2) is 27.2 Å². The summed E-state index contributed by atoms with van der Waals surface area (Å²) in [5.41, 5.74) is 0.926. The van der Waals surface area contributed by atoms with E-state index in [-0.39, 0.29) is 16.8 Å². The van der Waals surface area contributed by atoms with E-state index in [9.17, 15) is 13.2 Å². The molecule has 18 heavy (non-hydrogen) atoms. The third-order valence-corrected chi connectivity index (χ3v) is 3.78. The van der Waals surface area contributed by atoms with Gasteiger partial charge in [0.15, 0.2) is 9.84 Å². The van der Waals surface area contributed by atoms with Gasteiger partial charge in [0.25, 0.3) is 0 Å². The Morgan fingerprint density at radius 3 is 2.28 bits per heavy atom. The standard InChI is InChI=1S/C13H18O4S/c1-4-17-13(14)9-10(2)11-5-7-12(8-6-11)18(3,15)16/h5-8,10H,4,9H2,1-3H3/t10-/m1/s1. The summed E-state index contributed by atoms with van der Waals surface area (Å²) < 4.78 is 27.5. The minimum absolute atomic E-state index is 0.0117. The Hall–Kier alpha value is -1.36. The van der Waals surface area contributed by atoms with Gasteiger partial charge in [-0.15, -0.1) is 0 Å². The Morgan fingerprint density at radius 2 is 1.83 bits per heavy atom. The predicted molar refractivity (Wildman–Crippen MR) is 69.2 cm³/mol. The highest BCUT2D eigenvalue weighted by Crippen LogP contribution is 2.21. The van der Waals surface area contributed by atoms with Crippen LogP contribution in [0.4, 0.5) is 0 Å². The van der Waals surface area contributed by atoms with Crippen LogP contribution < -0.4 is 0 Å². The molecule has 0 amide bonds. The Kier molecular flexibility index (Phi) is 4.90. The summed E-state index contributed by atoms with van der Waals surface area (Å²) in [7, 11) is -3.17. The van der Waals surface area contributed by atoms with E-state index in [0.717, 1.165) is 5.56 Å². The zero-order valence-electron chi connectivity index (χ0n) is 10.8. The van der Waals surface area contributed by atoms with Gasteiger partial charge >= 0.3 is 5.97 Å². The van der Waals surface area contributed by atoms with E-state index < -0.39 is 9.84 Å². The molecule has 0 bridgehead atoms. The second-order valence-corrected chi connectivity index (χ2v) is 6.27. The van der Waals surface area contributed by atoms with Crippen molar-refractivity contribution in [2.75, 3.05) is 12.9 Å². The molecular weight excluding hydrogens is 252 g/mol. The number of hydrogen-bond acceptors (Lipinski definition) is 4. The van der Waals surface area contributed by atoms with Gasteiger partial charge in [-0.3, -0.25) is 4.79 Å². The Balaban J connectivity index is 2.76. The van der Waals surface area contributed by atoms with Crippen molar-refractivity contribution in [1.82, 2.24) is 0 Å². The number of benzene rings is 1. The molecule has 4 nitrogen and oxygen atoms in total. The molecular formula is C13H18O4S. The fraction of sp³-hybridized carbons (Fsp3) is 0.462. The molecule has 0 radical (unpaired) electrons. The lowest BCUT2D eigenvalue weighted by atomic mass is 9.98. The van der Waals surface area contributed by atoms with Gasteiger partial charge in [0.05, 0.1) is 17.9 Å². The Morgan fingerprint density at radius 1 is 1.28 bits per heavy atom. The van der Waals surface area contributed by atoms with Gasteiger partial charge in [0, 0.05) is 6.26 Å². The minimum atomic E-state index is -3.17. The molecule has 0 aliphatic rings. The van der Waals surface area contributed by atoms with Crippen molar-refractivity contribution in [2.45, 2.75) is 31.1 Å². The maximum absolute atomic E-state index is 11.3. The van der Waals surface area contributed by atoms with Crippen molar-refractivity contribution >= 4 is 15.8 Å². The van der Waals surface area contributed by atoms with Gasteiger partial charge in [0.1, 0.15) is 0 Å². The minimum Gasteiger partial charge on any atom is -0.466 e. The summed E-state index contributed by atoms with van der Waals surface area (Å²) in [5.74, 6) is -0.227. The highest BCUT2D eigenvalue weighted by atomic mass is 32.2. The molecule has 1 aromatic rings. The van der Waals surface area contributed by atoms with E-state index in [4.69, 9.17) is 4.74 Å². The van der Waals surface area contributed by atoms with Crippen LogP contribution in [0, 0.1) is 0 Å². The molecule has 1 aromatic carbocycles. The summed E-state index contributed by atoms with van der Waals surface area (Å²) in [5, 5.41) is 0. The number of carbonyl (C=O) groups is 1. The molecule has 1 atom stereocenters. The van der Waals surface area contributed by atoms with Crippen LogP contribution in [0.3, 0.4) is 0 Å². The van der Waals surface area contributed by atoms with Crippen molar-refractivity contribution in [1.29, 1.82) is 0 Å². The average Bonchev–Trinajstić information content (AvgIpc) is 2.28. The van der Waals surface area contributed by atoms with Crippen LogP contribution in [-0.2, 0) is 19.4 Å². The van der Waals surface area contributed by atoms with E-state index in [1.165, 1.54) is 6.26 Å². The van der Waals surface area contributed by atoms with Gasteiger partial charge in [0.2, 0.25) is 0 Å². The molecule has 0 saturated heterocycles. The first-order valence-corrected chi connectivity index (χ1v) is 7.69. The first kappa shape index (κ1) is 14.7. The normalized spacial score (nSPS) is 13.1. The quantitative estimate of drug-likeness (QED) is 0.769. The maximum Gasteiger partial charge on any atom is 0.306 e. The van der Waals surface area contributed by atoms with E-state index in [1.54, 1.807) is 31.2 Å². The molecule has 0 aliphatic heterocycles. The fourth-order valence-electron chi connectivity index (χ4n) is 1.63. The fourth-order valence-corrected chi connectivity index (χ4v) is 2.26. The average molecular weight is 270 g/mol. The molecule has 100 valence electrons. The topological polar surface area (TPSA) is 60.4 Å². The van der Waals surface area contributed by atoms with Crippen LogP contribution in [0.5, 0.6) is 0 Å². The van der Waals surface area contributed by atoms with Crippen molar-refractivity contribution in [3.8, 4) is 0 Å². The zero-order chi connectivity index (χ0) is 13.8. The van der Waals surface area contributed by atoms with Crippen molar-refractivity contribution in [3.05, 3.63) is 29.8 Å². The molecule has 1 rings (SSSR count). The second-order valence-electron chi connectivity index (χ2n) is 4.25. The maximum atomic E-state index is 11.3. The highest BCUT2D eigenvalue weighted by molar-refractivity contribution is 7.90. The van der Waals surface area contributed by atoms with Crippen molar-refractivity contribution in [3.63, 3.8) is 0 Å². The first-order valence-electron chi connectivity index (χ1n) is 5.80. The molecule has 0 aromatic heterocycles. The predicted octanol–water partition coefficient (Wildman–Crippen LogP) is 2.15. The summed E-state index contributed by atoms with van der Waals surface area (Å²) in [6, 6.07) is 6.60. The van der Waals surface area contributed by atoms with Crippen molar-refractivity contribution < 1.29 is 17.9 Å². The molecule has 0 N–H and O–H groups in total. The van der Waals surface area contributed by atoms with E-state index in [0.29, 0.717) is 13.0 Å². The third kappa shape index (κ3) is 4.14. The number of sulfone groups is 1. The van der Waals surface area contributed by atoms with E-state index in [2.05, 4.69) is 0 Å². The molecule has 0 unspecified atom stereocenters. The zero-order valence-corrected chi connectivity index (χ0v) is 11.7. The lowest BCUT2D eigenvalue weighted by Gasteiger charge is -2.11. The van der Waals surface area contributed by atoms with Crippen LogP contribution in [0.2, 0.25) is 0 Å². The van der Waals surface area contributed by atoms with Crippen LogP contribution in [0.25, 0.3) is 0 Å². The number of rotatable bonds is 5. The first-order chi connectivity index (χ1) is 8.34. The molecule has 0 saturated carbocycles. The summed E-state index contributed by atoms with van der Waals surface area (Å²) >= 11 is 0. The lowest BCUT2D eigenvalue weighted by Crippen LogP contribution is -2.08. The van der Waals surface area contributed by atoms with Gasteiger partial charge in [-0.2, -0.15) is 0 Å². The monoisotopic (exact) mass is 270 g/mol. The Bertz CT molecular complexity index is 502. The highest BCUT2D eigenvalue weighted by Gasteiger charge is 2.13. The molecule has 5 heteroatoms. The van der Waals surface area contributed by atoms with E-state index in [1.807, 2.05) is 6.92 Å². The van der Waals surface area contributed by atoms with E-state index >= 15 is 0 Å². The van der Waals surface area contributed by atoms with Crippen LogP contribution in [0.15, 0.2) is 29.2 Å². The van der Waals surface area contributed by atoms with Gasteiger partial charge in [-0.1, -0.05) is 19.1 Å². The number of carbonyl (C=O) groups excluding carboxylic acids is 1. The van der Waals surface area contributed by atoms with Gasteiger partial charge in [-0.05, 0) is 30.5 Å². The molecule has 0 spiro atoms. The summed E-state index contributed by atoms with van der Waals surface area (Å²) in [6.07, 6.45) is 1.47. The van der Waals surface area contributed by atoms with Crippen LogP contribution >= 0.6 is 0 Å². The molecule has 0 fully saturated rings. The third-order valence-electron chi connectivity index (χ3n) is 2.66. The molecule has 0 heterocycles. The lowest BCUT2D eigenvalue weighted by molar-refractivity contribution is -0.143. The second kappa shape index (κ2) is 6.00. The number of ether oxygens (including phenoxy) is 1. The Labute approximate surface area is 108 Å². The van der Waals surface area contributed by atoms with Gasteiger partial charge in [-0.25, -0.2) is 8.42 Å². The summed E-state index contributed by atoms with van der Waals surface area (Å²) in [4.78, 5) is 11.6. The smallest absolute Gasteiger partial charge is 0.306 e. The SMILES string of the molecule is CCOC(=O)C[C@@H](C)c1ccc(S(C)(=O)=O)cc1. The van der Waals surface area contributed by atoms with Gasteiger partial charge < -0.3 is 4.74 Å². The number of hydrogen-bond donors (Lipinski definition) is 0. The van der Waals surface area contributed by atoms with Crippen molar-refractivity contribution in [2.24, 2.45) is 0 Å². The molecule has 0 aliphatic carbocycles. The summed E-state index contributed by atoms with van der Waals surface area (Å²) in [6.45, 7) is 4.05. The largest absolute Gasteiger partial charge is 0.466 e.